The summed E-state index contributed by atoms with van der Waals surface area (Å²) < 4.78 is 8.58. The monoisotopic (exact) mass is 467 g/mol. The van der Waals surface area contributed by atoms with Crippen molar-refractivity contribution in [3.05, 3.63) is 47.4 Å². The summed E-state index contributed by atoms with van der Waals surface area (Å²) in [6.45, 7) is 1.59. The van der Waals surface area contributed by atoms with E-state index in [0.717, 1.165) is 37.8 Å². The molecule has 0 atom stereocenters. The number of thiophene rings is 1. The molecule has 0 saturated carbocycles. The fourth-order valence-corrected chi connectivity index (χ4v) is 4.67. The molecule has 0 aliphatic heterocycles. The van der Waals surface area contributed by atoms with Gasteiger partial charge in [0.1, 0.15) is 5.75 Å². The highest BCUT2D eigenvalue weighted by Gasteiger charge is 2.09. The van der Waals surface area contributed by atoms with E-state index in [4.69, 9.17) is 4.74 Å². The van der Waals surface area contributed by atoms with Crippen molar-refractivity contribution in [2.75, 3.05) is 7.11 Å². The normalized spacial score (nSPS) is 10.7. The maximum atomic E-state index is 5.43. The van der Waals surface area contributed by atoms with Crippen LogP contribution in [0.4, 0.5) is 0 Å². The second-order valence-corrected chi connectivity index (χ2v) is 7.50. The molecule has 2 nitrogen and oxygen atoms in total. The molecule has 0 spiro atoms. The summed E-state index contributed by atoms with van der Waals surface area (Å²) in [6.07, 6.45) is 0. The zero-order valence-corrected chi connectivity index (χ0v) is 15.7. The summed E-state index contributed by atoms with van der Waals surface area (Å²) in [5.74, 6) is 0.876. The van der Waals surface area contributed by atoms with E-state index in [9.17, 15) is 0 Å². The molecule has 19 heavy (non-hydrogen) atoms. The van der Waals surface area contributed by atoms with Gasteiger partial charge in [-0.25, -0.2) is 0 Å². The van der Waals surface area contributed by atoms with Crippen molar-refractivity contribution >= 4 is 59.1 Å². The average molecular weight is 470 g/mol. The zero-order valence-electron chi connectivity index (χ0n) is 10.2. The van der Waals surface area contributed by atoms with Crippen LogP contribution in [-0.2, 0) is 13.1 Å². The van der Waals surface area contributed by atoms with Gasteiger partial charge in [-0.1, -0.05) is 15.9 Å². The lowest BCUT2D eigenvalue weighted by Gasteiger charge is -2.12. The number of nitrogens with one attached hydrogen (secondary N) is 1. The minimum absolute atomic E-state index is 0.756. The maximum Gasteiger partial charge on any atom is 0.137 e. The molecule has 0 radical (unpaired) electrons. The van der Waals surface area contributed by atoms with Gasteiger partial charge >= 0.3 is 0 Å². The third-order valence-electron chi connectivity index (χ3n) is 2.58. The third-order valence-corrected chi connectivity index (χ3v) is 5.55. The first kappa shape index (κ1) is 15.5. The second-order valence-electron chi connectivity index (χ2n) is 3.88. The summed E-state index contributed by atoms with van der Waals surface area (Å²) in [7, 11) is 1.69. The first-order chi connectivity index (χ1) is 9.11. The Morgan fingerprint density at radius 3 is 2.58 bits per heavy atom. The van der Waals surface area contributed by atoms with Crippen molar-refractivity contribution in [3.8, 4) is 5.75 Å². The molecule has 102 valence electrons. The number of hydrogen-bond acceptors (Lipinski definition) is 3. The van der Waals surface area contributed by atoms with Gasteiger partial charge in [0.05, 0.1) is 11.6 Å². The molecule has 0 fully saturated rings. The molecule has 0 unspecified atom stereocenters. The SMILES string of the molecule is COc1c(Br)cc(Br)cc1CNCc1sccc1Br. The van der Waals surface area contributed by atoms with Crippen molar-refractivity contribution in [1.82, 2.24) is 5.32 Å². The van der Waals surface area contributed by atoms with Gasteiger partial charge < -0.3 is 10.1 Å². The lowest BCUT2D eigenvalue weighted by atomic mass is 10.2. The Bertz CT molecular complexity index is 571. The lowest BCUT2D eigenvalue weighted by molar-refractivity contribution is 0.405. The predicted molar refractivity (Wildman–Crippen MR) is 91.0 cm³/mol. The van der Waals surface area contributed by atoms with Crippen molar-refractivity contribution in [2.24, 2.45) is 0 Å². The van der Waals surface area contributed by atoms with Gasteiger partial charge in [0.15, 0.2) is 0 Å². The molecule has 0 aliphatic rings. The molecule has 0 saturated heterocycles. The molecule has 0 aliphatic carbocycles. The lowest BCUT2D eigenvalue weighted by Crippen LogP contribution is -2.13. The van der Waals surface area contributed by atoms with E-state index in [1.807, 2.05) is 6.07 Å². The molecule has 1 heterocycles. The average Bonchev–Trinajstić information content (AvgIpc) is 2.75. The van der Waals surface area contributed by atoms with Gasteiger partial charge in [-0.05, 0) is 55.4 Å². The van der Waals surface area contributed by atoms with Crippen molar-refractivity contribution in [3.63, 3.8) is 0 Å². The van der Waals surface area contributed by atoms with Crippen LogP contribution < -0.4 is 10.1 Å². The number of benzene rings is 1. The Labute approximate surface area is 141 Å². The Kier molecular flexibility index (Phi) is 5.89. The minimum atomic E-state index is 0.756. The van der Waals surface area contributed by atoms with E-state index in [1.54, 1.807) is 18.4 Å². The summed E-state index contributed by atoms with van der Waals surface area (Å²) in [4.78, 5) is 1.30. The molecule has 0 bridgehead atoms. The van der Waals surface area contributed by atoms with Crippen LogP contribution in [0.25, 0.3) is 0 Å². The minimum Gasteiger partial charge on any atom is -0.495 e. The van der Waals surface area contributed by atoms with Crippen LogP contribution in [0.3, 0.4) is 0 Å². The van der Waals surface area contributed by atoms with Crippen LogP contribution in [0, 0.1) is 0 Å². The van der Waals surface area contributed by atoms with Crippen molar-refractivity contribution < 1.29 is 4.74 Å². The number of methoxy groups -OCH3 is 1. The highest BCUT2D eigenvalue weighted by Crippen LogP contribution is 2.32. The number of ether oxygens (including phenoxy) is 1. The maximum absolute atomic E-state index is 5.43. The van der Waals surface area contributed by atoms with E-state index in [-0.39, 0.29) is 0 Å². The first-order valence-electron chi connectivity index (χ1n) is 5.56. The summed E-state index contributed by atoms with van der Waals surface area (Å²) in [5, 5.41) is 5.51. The van der Waals surface area contributed by atoms with Crippen LogP contribution in [0.2, 0.25) is 0 Å². The molecule has 2 rings (SSSR count). The van der Waals surface area contributed by atoms with Crippen LogP contribution in [0.5, 0.6) is 5.75 Å². The predicted octanol–water partition coefficient (Wildman–Crippen LogP) is 5.33. The summed E-state index contributed by atoms with van der Waals surface area (Å²) in [6, 6.07) is 6.12. The van der Waals surface area contributed by atoms with Crippen LogP contribution in [0.15, 0.2) is 37.0 Å². The largest absolute Gasteiger partial charge is 0.495 e. The zero-order chi connectivity index (χ0) is 13.8. The fraction of sp³-hybridized carbons (Fsp3) is 0.231. The first-order valence-corrected chi connectivity index (χ1v) is 8.82. The van der Waals surface area contributed by atoms with Crippen LogP contribution >= 0.6 is 59.1 Å². The molecule has 6 heteroatoms. The quantitative estimate of drug-likeness (QED) is 0.638. The number of hydrogen-bond donors (Lipinski definition) is 1. The van der Waals surface area contributed by atoms with Gasteiger partial charge in [0.2, 0.25) is 0 Å². The van der Waals surface area contributed by atoms with E-state index >= 15 is 0 Å². The second kappa shape index (κ2) is 7.22. The molecule has 2 aromatic rings. The molecule has 1 aromatic carbocycles. The topological polar surface area (TPSA) is 21.3 Å². The molecule has 1 N–H and O–H groups in total. The van der Waals surface area contributed by atoms with Crippen LogP contribution in [-0.4, -0.2) is 7.11 Å². The fourth-order valence-electron chi connectivity index (χ4n) is 1.74. The highest BCUT2D eigenvalue weighted by molar-refractivity contribution is 9.11. The smallest absolute Gasteiger partial charge is 0.137 e. The van der Waals surface area contributed by atoms with Crippen LogP contribution in [0.1, 0.15) is 10.4 Å². The molecular weight excluding hydrogens is 458 g/mol. The van der Waals surface area contributed by atoms with Gasteiger partial charge in [-0.2, -0.15) is 0 Å². The van der Waals surface area contributed by atoms with E-state index in [0.29, 0.717) is 0 Å². The third kappa shape index (κ3) is 4.04. The summed E-state index contributed by atoms with van der Waals surface area (Å²) >= 11 is 12.3. The number of halogens is 3. The van der Waals surface area contributed by atoms with E-state index in [2.05, 4.69) is 70.6 Å². The summed E-state index contributed by atoms with van der Waals surface area (Å²) in [5.41, 5.74) is 1.12. The molecule has 1 aromatic heterocycles. The Morgan fingerprint density at radius 1 is 1.16 bits per heavy atom. The van der Waals surface area contributed by atoms with Gasteiger partial charge in [0.25, 0.3) is 0 Å². The van der Waals surface area contributed by atoms with Gasteiger partial charge in [0, 0.05) is 32.5 Å². The standard InChI is InChI=1S/C13H12Br3NOS/c1-18-13-8(4-9(14)5-11(13)16)6-17-7-12-10(15)2-3-19-12/h2-5,17H,6-7H2,1H3. The number of rotatable bonds is 5. The Morgan fingerprint density at radius 2 is 1.95 bits per heavy atom. The van der Waals surface area contributed by atoms with Crippen molar-refractivity contribution in [1.29, 1.82) is 0 Å². The van der Waals surface area contributed by atoms with E-state index < -0.39 is 0 Å². The van der Waals surface area contributed by atoms with E-state index in [1.165, 1.54) is 4.88 Å². The Hall–Kier alpha value is 0.120. The van der Waals surface area contributed by atoms with Gasteiger partial charge in [-0.3, -0.25) is 0 Å². The molecule has 0 amide bonds. The highest BCUT2D eigenvalue weighted by atomic mass is 79.9. The Balaban J connectivity index is 2.05. The van der Waals surface area contributed by atoms with Gasteiger partial charge in [-0.15, -0.1) is 11.3 Å². The van der Waals surface area contributed by atoms with Crippen molar-refractivity contribution in [2.45, 2.75) is 13.1 Å². The molecular formula is C13H12Br3NOS.